The second-order valence-corrected chi connectivity index (χ2v) is 6.96. The predicted molar refractivity (Wildman–Crippen MR) is 101 cm³/mol. The Hall–Kier alpha value is -1.85. The largest absolute Gasteiger partial charge is 0.392 e. The number of carbonyl (C=O) groups excluding carboxylic acids is 1. The number of aromatic nitrogens is 1. The minimum atomic E-state index is -0.251. The lowest BCUT2D eigenvalue weighted by Crippen LogP contribution is -2.50. The zero-order valence-corrected chi connectivity index (χ0v) is 15.1. The van der Waals surface area contributed by atoms with Gasteiger partial charge >= 0.3 is 0 Å². The molecule has 5 nitrogen and oxygen atoms in total. The number of carbonyl (C=O) groups is 1. The maximum absolute atomic E-state index is 12.4. The summed E-state index contributed by atoms with van der Waals surface area (Å²) in [5, 5.41) is 11.0. The normalized spacial score (nSPS) is 17.1. The van der Waals surface area contributed by atoms with Gasteiger partial charge in [-0.15, -0.1) is 0 Å². The lowest BCUT2D eigenvalue weighted by atomic mass is 10.1. The lowest BCUT2D eigenvalue weighted by molar-refractivity contribution is -0.133. The standard InChI is InChI=1S/C20H29N3O2/c1-2-17(24)15-22-10-12-23(13-11-22)20(25)9-5-6-16-14-21-19-8-4-3-7-18(16)19/h3-4,7-8,14,17,21,24H,2,5-6,9-13,15H2,1H3/t17-/m0/s1. The number of β-amino-alcohol motifs (C(OH)–C–C–N with tert-alkyl or cyclic N) is 1. The number of H-pyrrole nitrogens is 1. The third-order valence-electron chi connectivity index (χ3n) is 5.18. The van der Waals surface area contributed by atoms with Crippen molar-refractivity contribution in [2.24, 2.45) is 0 Å². The summed E-state index contributed by atoms with van der Waals surface area (Å²) < 4.78 is 0. The fourth-order valence-corrected chi connectivity index (χ4v) is 3.53. The van der Waals surface area contributed by atoms with E-state index in [-0.39, 0.29) is 12.0 Å². The van der Waals surface area contributed by atoms with E-state index in [9.17, 15) is 9.90 Å². The molecule has 1 aliphatic heterocycles. The molecule has 0 unspecified atom stereocenters. The van der Waals surface area contributed by atoms with Crippen molar-refractivity contribution in [3.63, 3.8) is 0 Å². The highest BCUT2D eigenvalue weighted by molar-refractivity contribution is 5.83. The molecule has 25 heavy (non-hydrogen) atoms. The number of hydrogen-bond acceptors (Lipinski definition) is 3. The molecule has 136 valence electrons. The highest BCUT2D eigenvalue weighted by Gasteiger charge is 2.21. The predicted octanol–water partition coefficient (Wildman–Crippen LogP) is 2.41. The fourth-order valence-electron chi connectivity index (χ4n) is 3.53. The number of piperazine rings is 1. The van der Waals surface area contributed by atoms with Gasteiger partial charge in [-0.3, -0.25) is 9.69 Å². The van der Waals surface area contributed by atoms with Gasteiger partial charge in [0.2, 0.25) is 5.91 Å². The van der Waals surface area contributed by atoms with Gasteiger partial charge in [-0.2, -0.15) is 0 Å². The number of fused-ring (bicyclic) bond motifs is 1. The van der Waals surface area contributed by atoms with Crippen molar-refractivity contribution < 1.29 is 9.90 Å². The third kappa shape index (κ3) is 4.61. The number of hydrogen-bond donors (Lipinski definition) is 2. The van der Waals surface area contributed by atoms with Crippen LogP contribution in [0.15, 0.2) is 30.5 Å². The van der Waals surface area contributed by atoms with Crippen LogP contribution in [0.3, 0.4) is 0 Å². The smallest absolute Gasteiger partial charge is 0.222 e. The minimum Gasteiger partial charge on any atom is -0.392 e. The van der Waals surface area contributed by atoms with Crippen molar-refractivity contribution in [1.82, 2.24) is 14.8 Å². The van der Waals surface area contributed by atoms with Gasteiger partial charge in [-0.05, 0) is 30.9 Å². The Morgan fingerprint density at radius 2 is 2.00 bits per heavy atom. The Labute approximate surface area is 149 Å². The first-order valence-corrected chi connectivity index (χ1v) is 9.40. The second kappa shape index (κ2) is 8.50. The molecule has 1 atom stereocenters. The van der Waals surface area contributed by atoms with E-state index >= 15 is 0 Å². The van der Waals surface area contributed by atoms with Crippen LogP contribution in [0.2, 0.25) is 0 Å². The first-order valence-electron chi connectivity index (χ1n) is 9.40. The molecule has 1 aromatic heterocycles. The molecule has 1 aromatic carbocycles. The molecular weight excluding hydrogens is 314 g/mol. The van der Waals surface area contributed by atoms with Crippen LogP contribution >= 0.6 is 0 Å². The first-order chi connectivity index (χ1) is 12.2. The van der Waals surface area contributed by atoms with Crippen molar-refractivity contribution >= 4 is 16.8 Å². The molecule has 1 saturated heterocycles. The van der Waals surface area contributed by atoms with E-state index in [0.717, 1.165) is 57.5 Å². The molecule has 1 aliphatic rings. The molecule has 1 amide bonds. The highest BCUT2D eigenvalue weighted by Crippen LogP contribution is 2.19. The number of nitrogens with zero attached hydrogens (tertiary/aromatic N) is 2. The Balaban J connectivity index is 1.41. The van der Waals surface area contributed by atoms with Gasteiger partial charge in [0.15, 0.2) is 0 Å². The molecule has 2 aromatic rings. The number of para-hydroxylation sites is 1. The van der Waals surface area contributed by atoms with E-state index in [1.165, 1.54) is 10.9 Å². The summed E-state index contributed by atoms with van der Waals surface area (Å²) in [6.45, 7) is 6.01. The van der Waals surface area contributed by atoms with Gasteiger partial charge in [0.05, 0.1) is 6.10 Å². The Morgan fingerprint density at radius 1 is 1.24 bits per heavy atom. The second-order valence-electron chi connectivity index (χ2n) is 6.96. The molecule has 0 spiro atoms. The molecule has 2 N–H and O–H groups in total. The third-order valence-corrected chi connectivity index (χ3v) is 5.18. The molecular formula is C20H29N3O2. The van der Waals surface area contributed by atoms with Crippen molar-refractivity contribution in [3.8, 4) is 0 Å². The molecule has 0 radical (unpaired) electrons. The number of rotatable bonds is 7. The number of benzene rings is 1. The average molecular weight is 343 g/mol. The molecule has 0 saturated carbocycles. The number of aliphatic hydroxyl groups is 1. The number of aryl methyl sites for hydroxylation is 1. The molecule has 1 fully saturated rings. The maximum Gasteiger partial charge on any atom is 0.222 e. The van der Waals surface area contributed by atoms with Crippen molar-refractivity contribution in [2.75, 3.05) is 32.7 Å². The van der Waals surface area contributed by atoms with E-state index in [2.05, 4.69) is 34.3 Å². The first kappa shape index (κ1) is 18.0. The summed E-state index contributed by atoms with van der Waals surface area (Å²) in [5.74, 6) is 0.260. The minimum absolute atomic E-state index is 0.251. The summed E-state index contributed by atoms with van der Waals surface area (Å²) in [6.07, 6.45) is 5.02. The lowest BCUT2D eigenvalue weighted by Gasteiger charge is -2.35. The zero-order chi connectivity index (χ0) is 17.6. The Kier molecular flexibility index (Phi) is 6.10. The SMILES string of the molecule is CC[C@H](O)CN1CCN(C(=O)CCCc2c[nH]c3ccccc23)CC1. The van der Waals surface area contributed by atoms with Crippen molar-refractivity contribution in [3.05, 3.63) is 36.0 Å². The van der Waals surface area contributed by atoms with Crippen LogP contribution in [0.25, 0.3) is 10.9 Å². The summed E-state index contributed by atoms with van der Waals surface area (Å²) in [7, 11) is 0. The van der Waals surface area contributed by atoms with E-state index < -0.39 is 0 Å². The summed E-state index contributed by atoms with van der Waals surface area (Å²) >= 11 is 0. The van der Waals surface area contributed by atoms with Crippen molar-refractivity contribution in [2.45, 2.75) is 38.7 Å². The number of nitrogens with one attached hydrogen (secondary N) is 1. The van der Waals surface area contributed by atoms with Crippen molar-refractivity contribution in [1.29, 1.82) is 0 Å². The quantitative estimate of drug-likeness (QED) is 0.812. The molecule has 0 bridgehead atoms. The Bertz CT molecular complexity index is 689. The van der Waals surface area contributed by atoms with Gasteiger partial charge in [-0.1, -0.05) is 25.1 Å². The van der Waals surface area contributed by atoms with Gasteiger partial charge in [0.1, 0.15) is 0 Å². The highest BCUT2D eigenvalue weighted by atomic mass is 16.3. The summed E-state index contributed by atoms with van der Waals surface area (Å²) in [4.78, 5) is 19.9. The number of amides is 1. The van der Waals surface area contributed by atoms with Gasteiger partial charge in [0.25, 0.3) is 0 Å². The number of aromatic amines is 1. The van der Waals surface area contributed by atoms with Crippen LogP contribution < -0.4 is 0 Å². The zero-order valence-electron chi connectivity index (χ0n) is 15.1. The van der Waals surface area contributed by atoms with E-state index in [0.29, 0.717) is 6.42 Å². The molecule has 3 rings (SSSR count). The van der Waals surface area contributed by atoms with E-state index in [1.54, 1.807) is 0 Å². The van der Waals surface area contributed by atoms with Crippen LogP contribution in [-0.2, 0) is 11.2 Å². The monoisotopic (exact) mass is 343 g/mol. The van der Waals surface area contributed by atoms with Crippen LogP contribution in [0.4, 0.5) is 0 Å². The van der Waals surface area contributed by atoms with E-state index in [1.807, 2.05) is 17.9 Å². The van der Waals surface area contributed by atoms with Crippen LogP contribution in [-0.4, -0.2) is 64.6 Å². The molecule has 2 heterocycles. The van der Waals surface area contributed by atoms with Crippen LogP contribution in [0.1, 0.15) is 31.7 Å². The van der Waals surface area contributed by atoms with Crippen LogP contribution in [0.5, 0.6) is 0 Å². The fraction of sp³-hybridized carbons (Fsp3) is 0.550. The average Bonchev–Trinajstić information content (AvgIpc) is 3.05. The van der Waals surface area contributed by atoms with Gasteiger partial charge < -0.3 is 15.0 Å². The van der Waals surface area contributed by atoms with Gasteiger partial charge in [-0.25, -0.2) is 0 Å². The Morgan fingerprint density at radius 3 is 2.76 bits per heavy atom. The van der Waals surface area contributed by atoms with E-state index in [4.69, 9.17) is 0 Å². The summed E-state index contributed by atoms with van der Waals surface area (Å²) in [6, 6.07) is 8.30. The summed E-state index contributed by atoms with van der Waals surface area (Å²) in [5.41, 5.74) is 2.45. The molecule has 5 heteroatoms. The maximum atomic E-state index is 12.4. The topological polar surface area (TPSA) is 59.6 Å². The number of aliphatic hydroxyl groups excluding tert-OH is 1. The van der Waals surface area contributed by atoms with Gasteiger partial charge in [0, 0.05) is 56.2 Å². The molecule has 0 aliphatic carbocycles. The van der Waals surface area contributed by atoms with Crippen LogP contribution in [0, 0.1) is 0 Å².